The molecule has 0 unspecified atom stereocenters. The summed E-state index contributed by atoms with van der Waals surface area (Å²) in [5.41, 5.74) is 0. The van der Waals surface area contributed by atoms with Gasteiger partial charge in [-0.2, -0.15) is 0 Å². The van der Waals surface area contributed by atoms with E-state index in [1.165, 1.54) is 0 Å². The predicted molar refractivity (Wildman–Crippen MR) is 159 cm³/mol. The van der Waals surface area contributed by atoms with Gasteiger partial charge in [0.25, 0.3) is 0 Å². The molecule has 0 aromatic heterocycles. The molecule has 0 rings (SSSR count). The Morgan fingerprint density at radius 2 is 0.0800 bits per heavy atom. The summed E-state index contributed by atoms with van der Waals surface area (Å²) in [4.78, 5) is 0. The molecule has 0 aliphatic heterocycles. The molecule has 0 spiro atoms. The van der Waals surface area contributed by atoms with E-state index in [-0.39, 0.29) is 248 Å². The molecule has 0 heterocycles. The number of hydrogen-bond donors (Lipinski definition) is 10. The van der Waals surface area contributed by atoms with E-state index >= 15 is 0 Å². The number of halogens is 15. The highest BCUT2D eigenvalue weighted by Gasteiger charge is -0.132. The predicted octanol–water partition coefficient (Wildman–Crippen LogP) is 7.95. The van der Waals surface area contributed by atoms with Gasteiger partial charge in [-0.1, -0.05) is 0 Å². The first-order chi connectivity index (χ1) is 0. The van der Waals surface area contributed by atoms with Crippen LogP contribution < -0.4 is 61.5 Å². The molecule has 0 amide bonds. The average molecular weight is 717 g/mol. The fourth-order valence-corrected chi connectivity index (χ4v) is 0. The molecule has 0 radical (unpaired) electrons. The molecule has 0 atom stereocenters. The maximum atomic E-state index is 0. The van der Waals surface area contributed by atoms with Crippen molar-refractivity contribution < 1.29 is 0 Å². The van der Waals surface area contributed by atoms with Gasteiger partial charge in [-0.3, -0.25) is 0 Å². The fourth-order valence-electron chi connectivity index (χ4n) is 0. The topological polar surface area (TPSA) is 350 Å². The smallest absolute Gasteiger partial charge is 0.147 e. The van der Waals surface area contributed by atoms with Gasteiger partial charge in [0.2, 0.25) is 0 Å². The summed E-state index contributed by atoms with van der Waals surface area (Å²) >= 11 is 0. The number of hydrogen-bond acceptors (Lipinski definition) is 10. The first-order valence-corrected chi connectivity index (χ1v) is 0. The maximum Gasteiger partial charge on any atom is -0.147 e. The Kier molecular flexibility index (Phi) is 75400. The van der Waals surface area contributed by atoms with Crippen LogP contribution in [0.3, 0.4) is 0 Å². The van der Waals surface area contributed by atoms with Gasteiger partial charge < -0.3 is 61.5 Å². The van der Waals surface area contributed by atoms with E-state index in [0.717, 1.165) is 0 Å². The van der Waals surface area contributed by atoms with Gasteiger partial charge in [-0.05, 0) is 0 Å². The van der Waals surface area contributed by atoms with Crippen LogP contribution in [0.2, 0.25) is 0 Å². The van der Waals surface area contributed by atoms with Crippen LogP contribution in [0.15, 0.2) is 0 Å². The van der Waals surface area contributed by atoms with Crippen LogP contribution in [-0.4, -0.2) is 0 Å². The second-order valence-corrected chi connectivity index (χ2v) is 0. The van der Waals surface area contributed by atoms with Crippen LogP contribution in [-0.2, 0) is 0 Å². The van der Waals surface area contributed by atoms with Crippen molar-refractivity contribution in [3.63, 3.8) is 0 Å². The SMILES string of the molecule is Cl.Cl.Cl.Cl.Cl.Cl.Cl.Cl.Cl.Cl.Cl.Cl.Cl.Cl.Cl.N.N.N.N.N.N.N.N.N.N. The van der Waals surface area contributed by atoms with Gasteiger partial charge in [-0.15, -0.1) is 186 Å². The molecule has 0 saturated carbocycles. The monoisotopic (exact) mass is 710 g/mol. The highest BCUT2D eigenvalue weighted by atomic mass is 35.5. The van der Waals surface area contributed by atoms with Gasteiger partial charge in [-0.25, -0.2) is 0 Å². The lowest BCUT2D eigenvalue weighted by Crippen LogP contribution is -0.482. The average Bonchev–Trinajstić information content (AvgIpc) is 0. The van der Waals surface area contributed by atoms with Gasteiger partial charge in [0.05, 0.1) is 0 Å². The quantitative estimate of drug-likeness (QED) is 0.115. The molecular weight excluding hydrogens is 672 g/mol. The molecule has 0 fully saturated rings. The highest BCUT2D eigenvalue weighted by Crippen LogP contribution is 0.704. The van der Waals surface area contributed by atoms with Crippen molar-refractivity contribution in [2.24, 2.45) is 0 Å². The Balaban J connectivity index is 0. The van der Waals surface area contributed by atoms with Crippen molar-refractivity contribution in [1.82, 2.24) is 61.5 Å². The van der Waals surface area contributed by atoms with E-state index in [4.69, 9.17) is 0 Å². The van der Waals surface area contributed by atoms with Crippen molar-refractivity contribution >= 4 is 186 Å². The second kappa shape index (κ2) is 1300. The van der Waals surface area contributed by atoms with Crippen LogP contribution in [0, 0.1) is 0 Å². The van der Waals surface area contributed by atoms with Gasteiger partial charge in [0.15, 0.2) is 0 Å². The van der Waals surface area contributed by atoms with E-state index < -0.39 is 0 Å². The van der Waals surface area contributed by atoms with Crippen LogP contribution in [0.1, 0.15) is 0 Å². The summed E-state index contributed by atoms with van der Waals surface area (Å²) < 4.78 is 0. The molecule has 10 nitrogen and oxygen atoms in total. The van der Waals surface area contributed by atoms with Crippen molar-refractivity contribution in [3.05, 3.63) is 0 Å². The third kappa shape index (κ3) is 1210. The molecule has 0 aliphatic rings. The van der Waals surface area contributed by atoms with Crippen molar-refractivity contribution in [1.29, 1.82) is 0 Å². The molecule has 200 valence electrons. The molecular formula is H45Cl15N10. The molecule has 0 aliphatic carbocycles. The Bertz CT molecular complexity index is 24.3. The zero-order valence-corrected chi connectivity index (χ0v) is 25.4. The largest absolute Gasteiger partial charge is 0.344 e. The van der Waals surface area contributed by atoms with Crippen molar-refractivity contribution in [2.45, 2.75) is 0 Å². The molecule has 25 heavy (non-hydrogen) atoms. The minimum atomic E-state index is 0. The summed E-state index contributed by atoms with van der Waals surface area (Å²) in [6.07, 6.45) is 0. The molecule has 0 saturated heterocycles. The summed E-state index contributed by atoms with van der Waals surface area (Å²) in [6, 6.07) is 0. The maximum absolute atomic E-state index is 0. The van der Waals surface area contributed by atoms with Crippen molar-refractivity contribution in [3.8, 4) is 0 Å². The minimum absolute atomic E-state index is 0. The highest BCUT2D eigenvalue weighted by molar-refractivity contribution is 5.87. The molecule has 25 heteroatoms. The summed E-state index contributed by atoms with van der Waals surface area (Å²) in [5.74, 6) is 0. The summed E-state index contributed by atoms with van der Waals surface area (Å²) in [5, 5.41) is 0. The Morgan fingerprint density at radius 1 is 0.0800 bits per heavy atom. The van der Waals surface area contributed by atoms with Crippen LogP contribution in [0.4, 0.5) is 0 Å². The van der Waals surface area contributed by atoms with E-state index in [2.05, 4.69) is 0 Å². The van der Waals surface area contributed by atoms with E-state index in [1.54, 1.807) is 0 Å². The lowest BCUT2D eigenvalue weighted by molar-refractivity contribution is 2.13. The fraction of sp³-hybridized carbons (Fsp3) is 0. The van der Waals surface area contributed by atoms with Crippen LogP contribution in [0.5, 0.6) is 0 Å². The van der Waals surface area contributed by atoms with E-state index in [9.17, 15) is 0 Å². The first kappa shape index (κ1) is 1450. The Morgan fingerprint density at radius 3 is 0.0800 bits per heavy atom. The van der Waals surface area contributed by atoms with Gasteiger partial charge in [0, 0.05) is 0 Å². The standard InChI is InChI=1S/15ClH.10H3N/h15*1H;10*1H3. The minimum Gasteiger partial charge on any atom is -0.344 e. The zero-order valence-electron chi connectivity index (χ0n) is 13.2. The van der Waals surface area contributed by atoms with E-state index in [0.29, 0.717) is 0 Å². The second-order valence-electron chi connectivity index (χ2n) is 0. The van der Waals surface area contributed by atoms with E-state index in [1.807, 2.05) is 0 Å². The van der Waals surface area contributed by atoms with Crippen LogP contribution in [0.25, 0.3) is 0 Å². The summed E-state index contributed by atoms with van der Waals surface area (Å²) in [7, 11) is 0. The zero-order chi connectivity index (χ0) is 0. The third-order valence-electron chi connectivity index (χ3n) is 0. The Hall–Kier alpha value is 3.95. The van der Waals surface area contributed by atoms with Crippen molar-refractivity contribution in [2.75, 3.05) is 0 Å². The first-order valence-electron chi connectivity index (χ1n) is 0. The summed E-state index contributed by atoms with van der Waals surface area (Å²) in [6.45, 7) is 0. The number of rotatable bonds is 0. The molecule has 30 N–H and O–H groups in total. The molecule has 0 aromatic rings. The lowest BCUT2D eigenvalue weighted by Gasteiger charge is -0.345. The van der Waals surface area contributed by atoms with Crippen LogP contribution >= 0.6 is 186 Å². The lowest BCUT2D eigenvalue weighted by atomic mass is 14.0. The molecule has 0 aromatic carbocycles. The Labute approximate surface area is 245 Å². The normalized spacial score (nSPS) is 0. The van der Waals surface area contributed by atoms with Gasteiger partial charge in [0.1, 0.15) is 0 Å². The molecule has 0 bridgehead atoms. The third-order valence-corrected chi connectivity index (χ3v) is 0. The van der Waals surface area contributed by atoms with Gasteiger partial charge >= 0.3 is 0 Å².